The average Bonchev–Trinajstić information content (AvgIpc) is 2.61. The Kier molecular flexibility index (Phi) is 2.66. The number of aromatic amines is 1. The highest BCUT2D eigenvalue weighted by molar-refractivity contribution is 6.30. The second kappa shape index (κ2) is 3.97. The third-order valence-electron chi connectivity index (χ3n) is 2.22. The summed E-state index contributed by atoms with van der Waals surface area (Å²) in [5.41, 5.74) is -0.228. The lowest BCUT2D eigenvalue weighted by Crippen LogP contribution is -2.30. The molecule has 2 aromatic heterocycles. The second-order valence-corrected chi connectivity index (χ2v) is 3.77. The van der Waals surface area contributed by atoms with Gasteiger partial charge < -0.3 is 4.57 Å². The molecule has 0 aliphatic heterocycles. The minimum Gasteiger partial charge on any atom is -0.336 e. The zero-order chi connectivity index (χ0) is 11.7. The summed E-state index contributed by atoms with van der Waals surface area (Å²) in [5, 5.41) is -0.0123. The second-order valence-electron chi connectivity index (χ2n) is 3.36. The van der Waals surface area contributed by atoms with Gasteiger partial charge in [-0.1, -0.05) is 11.6 Å². The van der Waals surface area contributed by atoms with Crippen LogP contribution in [0.4, 0.5) is 0 Å². The first-order chi connectivity index (χ1) is 7.58. The largest absolute Gasteiger partial charge is 0.336 e. The van der Waals surface area contributed by atoms with E-state index in [1.54, 1.807) is 17.1 Å². The number of aromatic nitrogens is 4. The van der Waals surface area contributed by atoms with Crippen molar-refractivity contribution in [3.8, 4) is 0 Å². The van der Waals surface area contributed by atoms with E-state index in [9.17, 15) is 9.59 Å². The van der Waals surface area contributed by atoms with Crippen LogP contribution in [0, 0.1) is 0 Å². The molecular formula is C9H9ClN4O2. The molecule has 0 amide bonds. The van der Waals surface area contributed by atoms with E-state index >= 15 is 0 Å². The highest BCUT2D eigenvalue weighted by Gasteiger charge is 2.05. The van der Waals surface area contributed by atoms with Crippen molar-refractivity contribution < 1.29 is 0 Å². The van der Waals surface area contributed by atoms with Gasteiger partial charge in [0, 0.05) is 19.4 Å². The molecule has 0 bridgehead atoms. The number of nitrogens with zero attached hydrogens (tertiary/aromatic N) is 3. The van der Waals surface area contributed by atoms with E-state index in [1.807, 2.05) is 7.05 Å². The number of rotatable bonds is 2. The van der Waals surface area contributed by atoms with Crippen LogP contribution in [0.1, 0.15) is 5.69 Å². The van der Waals surface area contributed by atoms with Gasteiger partial charge in [0.15, 0.2) is 0 Å². The number of halogens is 1. The molecule has 2 aromatic rings. The maximum Gasteiger partial charge on any atom is 0.328 e. The lowest BCUT2D eigenvalue weighted by atomic mass is 10.4. The predicted octanol–water partition coefficient (Wildman–Crippen LogP) is -0.0282. The molecule has 0 spiro atoms. The average molecular weight is 241 g/mol. The molecule has 2 rings (SSSR count). The SMILES string of the molecule is Cn1cncc1Cn1cc(Cl)c(=O)[nH]c1=O. The first kappa shape index (κ1) is 10.7. The van der Waals surface area contributed by atoms with Crippen LogP contribution in [0.2, 0.25) is 5.02 Å². The number of imidazole rings is 1. The van der Waals surface area contributed by atoms with Crippen molar-refractivity contribution in [2.75, 3.05) is 0 Å². The van der Waals surface area contributed by atoms with Crippen LogP contribution in [0.15, 0.2) is 28.3 Å². The maximum atomic E-state index is 11.4. The zero-order valence-electron chi connectivity index (χ0n) is 8.48. The molecule has 84 valence electrons. The molecule has 0 atom stereocenters. The maximum absolute atomic E-state index is 11.4. The molecule has 0 fully saturated rings. The lowest BCUT2D eigenvalue weighted by Gasteiger charge is -2.05. The summed E-state index contributed by atoms with van der Waals surface area (Å²) in [7, 11) is 1.82. The smallest absolute Gasteiger partial charge is 0.328 e. The normalized spacial score (nSPS) is 10.6. The molecule has 0 aliphatic carbocycles. The fourth-order valence-electron chi connectivity index (χ4n) is 1.31. The Bertz CT molecular complexity index is 625. The molecule has 0 unspecified atom stereocenters. The summed E-state index contributed by atoms with van der Waals surface area (Å²) in [4.78, 5) is 28.6. The van der Waals surface area contributed by atoms with Crippen LogP contribution < -0.4 is 11.2 Å². The van der Waals surface area contributed by atoms with Gasteiger partial charge >= 0.3 is 5.69 Å². The molecule has 2 heterocycles. The van der Waals surface area contributed by atoms with Crippen molar-refractivity contribution in [3.05, 3.63) is 50.3 Å². The summed E-state index contributed by atoms with van der Waals surface area (Å²) in [6.45, 7) is 0.311. The summed E-state index contributed by atoms with van der Waals surface area (Å²) in [5.74, 6) is 0. The Morgan fingerprint density at radius 2 is 2.25 bits per heavy atom. The summed E-state index contributed by atoms with van der Waals surface area (Å²) >= 11 is 5.64. The Hall–Kier alpha value is -1.82. The molecular weight excluding hydrogens is 232 g/mol. The highest BCUT2D eigenvalue weighted by Crippen LogP contribution is 2.01. The summed E-state index contributed by atoms with van der Waals surface area (Å²) in [6, 6.07) is 0. The van der Waals surface area contributed by atoms with Crippen molar-refractivity contribution in [2.24, 2.45) is 7.05 Å². The third-order valence-corrected chi connectivity index (χ3v) is 2.49. The van der Waals surface area contributed by atoms with Gasteiger partial charge in [0.05, 0.1) is 18.6 Å². The van der Waals surface area contributed by atoms with E-state index in [4.69, 9.17) is 11.6 Å². The quantitative estimate of drug-likeness (QED) is 0.801. The van der Waals surface area contributed by atoms with Crippen molar-refractivity contribution in [1.29, 1.82) is 0 Å². The van der Waals surface area contributed by atoms with Crippen molar-refractivity contribution >= 4 is 11.6 Å². The number of aryl methyl sites for hydroxylation is 1. The summed E-state index contributed by atoms with van der Waals surface area (Å²) in [6.07, 6.45) is 4.59. The lowest BCUT2D eigenvalue weighted by molar-refractivity contribution is 0.676. The van der Waals surface area contributed by atoms with E-state index in [0.717, 1.165) is 5.69 Å². The van der Waals surface area contributed by atoms with Crippen LogP contribution in [0.3, 0.4) is 0 Å². The van der Waals surface area contributed by atoms with Crippen LogP contribution in [-0.4, -0.2) is 19.1 Å². The van der Waals surface area contributed by atoms with Gasteiger partial charge in [-0.3, -0.25) is 14.3 Å². The van der Waals surface area contributed by atoms with Crippen molar-refractivity contribution in [1.82, 2.24) is 19.1 Å². The van der Waals surface area contributed by atoms with Gasteiger partial charge in [-0.25, -0.2) is 9.78 Å². The highest BCUT2D eigenvalue weighted by atomic mass is 35.5. The minimum absolute atomic E-state index is 0.0123. The molecule has 16 heavy (non-hydrogen) atoms. The van der Waals surface area contributed by atoms with Crippen LogP contribution in [0.25, 0.3) is 0 Å². The fraction of sp³-hybridized carbons (Fsp3) is 0.222. The van der Waals surface area contributed by atoms with Crippen LogP contribution in [-0.2, 0) is 13.6 Å². The Morgan fingerprint density at radius 3 is 2.88 bits per heavy atom. The molecule has 7 heteroatoms. The molecule has 0 saturated carbocycles. The van der Waals surface area contributed by atoms with Crippen LogP contribution in [0.5, 0.6) is 0 Å². The van der Waals surface area contributed by atoms with Crippen molar-refractivity contribution in [2.45, 2.75) is 6.54 Å². The molecule has 0 saturated heterocycles. The molecule has 6 nitrogen and oxygen atoms in total. The molecule has 0 aliphatic rings. The standard InChI is InChI=1S/C9H9ClN4O2/c1-13-5-11-2-6(13)3-14-4-7(10)8(15)12-9(14)16/h2,4-5H,3H2,1H3,(H,12,15,16). The number of hydrogen-bond donors (Lipinski definition) is 1. The van der Waals surface area contributed by atoms with Crippen LogP contribution >= 0.6 is 11.6 Å². The Labute approximate surface area is 95.1 Å². The Morgan fingerprint density at radius 1 is 1.50 bits per heavy atom. The Balaban J connectivity index is 2.43. The van der Waals surface area contributed by atoms with Gasteiger partial charge in [-0.2, -0.15) is 0 Å². The van der Waals surface area contributed by atoms with Gasteiger partial charge in [0.25, 0.3) is 5.56 Å². The van der Waals surface area contributed by atoms with Gasteiger partial charge in [-0.05, 0) is 0 Å². The predicted molar refractivity (Wildman–Crippen MR) is 58.6 cm³/mol. The summed E-state index contributed by atoms with van der Waals surface area (Å²) < 4.78 is 3.10. The number of H-pyrrole nitrogens is 1. The first-order valence-corrected chi connectivity index (χ1v) is 4.90. The van der Waals surface area contributed by atoms with E-state index in [0.29, 0.717) is 6.54 Å². The van der Waals surface area contributed by atoms with E-state index in [-0.39, 0.29) is 5.02 Å². The van der Waals surface area contributed by atoms with E-state index in [1.165, 1.54) is 10.8 Å². The molecule has 1 N–H and O–H groups in total. The van der Waals surface area contributed by atoms with E-state index in [2.05, 4.69) is 9.97 Å². The van der Waals surface area contributed by atoms with Crippen molar-refractivity contribution in [3.63, 3.8) is 0 Å². The zero-order valence-corrected chi connectivity index (χ0v) is 9.23. The van der Waals surface area contributed by atoms with E-state index < -0.39 is 11.2 Å². The number of nitrogens with one attached hydrogen (secondary N) is 1. The molecule has 0 radical (unpaired) electrons. The fourth-order valence-corrected chi connectivity index (χ4v) is 1.48. The monoisotopic (exact) mass is 240 g/mol. The van der Waals surface area contributed by atoms with Gasteiger partial charge in [-0.15, -0.1) is 0 Å². The van der Waals surface area contributed by atoms with Gasteiger partial charge in [0.2, 0.25) is 0 Å². The van der Waals surface area contributed by atoms with Gasteiger partial charge in [0.1, 0.15) is 5.02 Å². The molecule has 0 aromatic carbocycles. The topological polar surface area (TPSA) is 72.7 Å². The third kappa shape index (κ3) is 1.92. The number of hydrogen-bond acceptors (Lipinski definition) is 3. The first-order valence-electron chi connectivity index (χ1n) is 4.52. The minimum atomic E-state index is -0.576.